The van der Waals surface area contributed by atoms with E-state index in [-0.39, 0.29) is 11.7 Å². The number of rotatable bonds is 4. The summed E-state index contributed by atoms with van der Waals surface area (Å²) in [7, 11) is 0. The summed E-state index contributed by atoms with van der Waals surface area (Å²) in [6.07, 6.45) is 3.49. The van der Waals surface area contributed by atoms with Crippen LogP contribution in [0.1, 0.15) is 18.3 Å². The Morgan fingerprint density at radius 1 is 1.12 bits per heavy atom. The zero-order valence-corrected chi connectivity index (χ0v) is 12.9. The molecular weight excluding hydrogens is 306 g/mol. The molecule has 0 bridgehead atoms. The van der Waals surface area contributed by atoms with Crippen molar-refractivity contribution in [3.05, 3.63) is 59.9 Å². The second-order valence-corrected chi connectivity index (χ2v) is 5.03. The first-order chi connectivity index (χ1) is 11.6. The minimum atomic E-state index is -0.377. The molecule has 6 heteroatoms. The van der Waals surface area contributed by atoms with Gasteiger partial charge in [-0.1, -0.05) is 30.3 Å². The number of para-hydroxylation sites is 2. The van der Waals surface area contributed by atoms with Crippen LogP contribution in [-0.2, 0) is 4.79 Å². The van der Waals surface area contributed by atoms with Crippen LogP contribution in [0.2, 0.25) is 0 Å². The number of benzene rings is 2. The molecule has 0 saturated carbocycles. The molecule has 24 heavy (non-hydrogen) atoms. The van der Waals surface area contributed by atoms with E-state index in [4.69, 9.17) is 4.74 Å². The summed E-state index contributed by atoms with van der Waals surface area (Å²) in [5, 5.41) is 16.7. The Hall–Kier alpha value is -3.41. The molecule has 0 amide bonds. The van der Waals surface area contributed by atoms with Crippen molar-refractivity contribution >= 4 is 18.1 Å². The molecule has 2 N–H and O–H groups in total. The summed E-state index contributed by atoms with van der Waals surface area (Å²) < 4.78 is 5.15. The number of nitrogens with one attached hydrogen (secondary N) is 1. The second-order valence-electron chi connectivity index (χ2n) is 5.03. The van der Waals surface area contributed by atoms with Gasteiger partial charge in [0.05, 0.1) is 5.56 Å². The van der Waals surface area contributed by atoms with Crippen LogP contribution in [0.25, 0.3) is 23.5 Å². The fourth-order valence-corrected chi connectivity index (χ4v) is 2.17. The molecule has 1 aromatic heterocycles. The van der Waals surface area contributed by atoms with Crippen LogP contribution in [0.5, 0.6) is 11.5 Å². The van der Waals surface area contributed by atoms with Gasteiger partial charge in [0, 0.05) is 12.5 Å². The molecule has 0 aliphatic carbocycles. The lowest BCUT2D eigenvalue weighted by Gasteiger charge is -2.04. The third-order valence-corrected chi connectivity index (χ3v) is 3.24. The number of aromatic hydroxyl groups is 1. The van der Waals surface area contributed by atoms with E-state index in [1.807, 2.05) is 12.1 Å². The zero-order valence-electron chi connectivity index (χ0n) is 12.9. The first-order valence-electron chi connectivity index (χ1n) is 7.30. The monoisotopic (exact) mass is 321 g/mol. The Labute approximate surface area is 138 Å². The molecule has 0 spiro atoms. The maximum Gasteiger partial charge on any atom is 0.308 e. The summed E-state index contributed by atoms with van der Waals surface area (Å²) in [5.41, 5.74) is 1.29. The first-order valence-corrected chi connectivity index (χ1v) is 7.30. The van der Waals surface area contributed by atoms with Gasteiger partial charge < -0.3 is 9.84 Å². The van der Waals surface area contributed by atoms with Crippen molar-refractivity contribution in [3.63, 3.8) is 0 Å². The van der Waals surface area contributed by atoms with Crippen LogP contribution < -0.4 is 4.74 Å². The third kappa shape index (κ3) is 3.49. The number of phenolic OH excluding ortho intramolecular Hbond substituents is 1. The number of nitrogens with zero attached hydrogens (tertiary/aromatic N) is 2. The maximum absolute atomic E-state index is 11.1. The molecule has 6 nitrogen and oxygen atoms in total. The van der Waals surface area contributed by atoms with Crippen molar-refractivity contribution in [2.75, 3.05) is 0 Å². The molecule has 2 aromatic carbocycles. The molecule has 0 aliphatic rings. The molecule has 0 atom stereocenters. The Morgan fingerprint density at radius 2 is 1.88 bits per heavy atom. The van der Waals surface area contributed by atoms with E-state index in [1.54, 1.807) is 48.6 Å². The SMILES string of the molecule is CC(=O)Oc1ccccc1/C=C/c1nc(-c2ccccc2O)n[nH]1. The van der Waals surface area contributed by atoms with Crippen LogP contribution in [0, 0.1) is 0 Å². The smallest absolute Gasteiger partial charge is 0.308 e. The Bertz CT molecular complexity index is 900. The van der Waals surface area contributed by atoms with Crippen LogP contribution in [0.3, 0.4) is 0 Å². The van der Waals surface area contributed by atoms with E-state index < -0.39 is 0 Å². The lowest BCUT2D eigenvalue weighted by Crippen LogP contribution is -2.02. The molecule has 0 unspecified atom stereocenters. The van der Waals surface area contributed by atoms with E-state index in [2.05, 4.69) is 15.2 Å². The van der Waals surface area contributed by atoms with Gasteiger partial charge in [-0.05, 0) is 30.4 Å². The number of carbonyl (C=O) groups excluding carboxylic acids is 1. The maximum atomic E-state index is 11.1. The lowest BCUT2D eigenvalue weighted by atomic mass is 10.2. The summed E-state index contributed by atoms with van der Waals surface area (Å²) in [6, 6.07) is 14.0. The molecule has 0 aliphatic heterocycles. The molecule has 1 heterocycles. The van der Waals surface area contributed by atoms with E-state index in [0.717, 1.165) is 5.56 Å². The van der Waals surface area contributed by atoms with Crippen LogP contribution >= 0.6 is 0 Å². The van der Waals surface area contributed by atoms with Crippen molar-refractivity contribution in [2.24, 2.45) is 0 Å². The van der Waals surface area contributed by atoms with Crippen molar-refractivity contribution in [3.8, 4) is 22.9 Å². The van der Waals surface area contributed by atoms with Gasteiger partial charge in [-0.25, -0.2) is 4.98 Å². The fourth-order valence-electron chi connectivity index (χ4n) is 2.17. The highest BCUT2D eigenvalue weighted by Crippen LogP contribution is 2.26. The van der Waals surface area contributed by atoms with Gasteiger partial charge in [-0.15, -0.1) is 0 Å². The van der Waals surface area contributed by atoms with Crippen LogP contribution in [-0.4, -0.2) is 26.3 Å². The highest BCUT2D eigenvalue weighted by Gasteiger charge is 2.08. The van der Waals surface area contributed by atoms with Gasteiger partial charge in [-0.3, -0.25) is 9.89 Å². The quantitative estimate of drug-likeness (QED) is 0.569. The summed E-state index contributed by atoms with van der Waals surface area (Å²) in [5.74, 6) is 1.14. The van der Waals surface area contributed by atoms with Gasteiger partial charge in [0.1, 0.15) is 17.3 Å². The first kappa shape index (κ1) is 15.5. The minimum absolute atomic E-state index is 0.118. The number of aromatic amines is 1. The van der Waals surface area contributed by atoms with Crippen molar-refractivity contribution < 1.29 is 14.6 Å². The van der Waals surface area contributed by atoms with E-state index >= 15 is 0 Å². The molecule has 3 aromatic rings. The van der Waals surface area contributed by atoms with Gasteiger partial charge in [0.25, 0.3) is 0 Å². The van der Waals surface area contributed by atoms with Gasteiger partial charge in [0.2, 0.25) is 0 Å². The van der Waals surface area contributed by atoms with Crippen LogP contribution in [0.4, 0.5) is 0 Å². The second kappa shape index (κ2) is 6.78. The Kier molecular flexibility index (Phi) is 4.38. The number of H-pyrrole nitrogens is 1. The zero-order chi connectivity index (χ0) is 16.9. The lowest BCUT2D eigenvalue weighted by molar-refractivity contribution is -0.131. The highest BCUT2D eigenvalue weighted by atomic mass is 16.5. The summed E-state index contributed by atoms with van der Waals surface area (Å²) in [4.78, 5) is 15.5. The highest BCUT2D eigenvalue weighted by molar-refractivity contribution is 5.75. The van der Waals surface area contributed by atoms with Crippen molar-refractivity contribution in [2.45, 2.75) is 6.92 Å². The number of aromatic nitrogens is 3. The average Bonchev–Trinajstić information content (AvgIpc) is 3.03. The van der Waals surface area contributed by atoms with E-state index in [9.17, 15) is 9.90 Å². The number of carbonyl (C=O) groups is 1. The normalized spacial score (nSPS) is 10.9. The Morgan fingerprint density at radius 3 is 2.67 bits per heavy atom. The standard InChI is InChI=1S/C18H15N3O3/c1-12(22)24-16-9-5-2-6-13(16)10-11-17-19-18(21-20-17)14-7-3-4-8-15(14)23/h2-11,23H,1H3,(H,19,20,21)/b11-10+. The van der Waals surface area contributed by atoms with Crippen molar-refractivity contribution in [1.29, 1.82) is 0 Å². The van der Waals surface area contributed by atoms with E-state index in [1.165, 1.54) is 6.92 Å². The minimum Gasteiger partial charge on any atom is -0.507 e. The average molecular weight is 321 g/mol. The predicted octanol–water partition coefficient (Wildman–Crippen LogP) is 3.27. The number of phenols is 1. The molecule has 120 valence electrons. The molecule has 0 radical (unpaired) electrons. The van der Waals surface area contributed by atoms with Gasteiger partial charge >= 0.3 is 5.97 Å². The largest absolute Gasteiger partial charge is 0.507 e. The number of hydrogen-bond donors (Lipinski definition) is 2. The molecular formula is C18H15N3O3. The predicted molar refractivity (Wildman–Crippen MR) is 90.2 cm³/mol. The third-order valence-electron chi connectivity index (χ3n) is 3.24. The molecule has 3 rings (SSSR count). The number of ether oxygens (including phenoxy) is 1. The summed E-state index contributed by atoms with van der Waals surface area (Å²) >= 11 is 0. The fraction of sp³-hybridized carbons (Fsp3) is 0.0556. The van der Waals surface area contributed by atoms with Crippen molar-refractivity contribution in [1.82, 2.24) is 15.2 Å². The molecule has 0 fully saturated rings. The molecule has 0 saturated heterocycles. The number of hydrogen-bond acceptors (Lipinski definition) is 5. The topological polar surface area (TPSA) is 88.1 Å². The Balaban J connectivity index is 1.84. The summed E-state index contributed by atoms with van der Waals surface area (Å²) in [6.45, 7) is 1.36. The van der Waals surface area contributed by atoms with Gasteiger partial charge in [-0.2, -0.15) is 5.10 Å². The van der Waals surface area contributed by atoms with Gasteiger partial charge in [0.15, 0.2) is 5.82 Å². The number of esters is 1. The van der Waals surface area contributed by atoms with Crippen LogP contribution in [0.15, 0.2) is 48.5 Å². The van der Waals surface area contributed by atoms with E-state index in [0.29, 0.717) is 23.0 Å².